The van der Waals surface area contributed by atoms with Crippen molar-refractivity contribution < 1.29 is 23.5 Å². The van der Waals surface area contributed by atoms with Crippen molar-refractivity contribution in [1.82, 2.24) is 15.0 Å². The highest BCUT2D eigenvalue weighted by molar-refractivity contribution is 7.93. The summed E-state index contributed by atoms with van der Waals surface area (Å²) >= 11 is 6.62. The molecule has 0 bridgehead atoms. The van der Waals surface area contributed by atoms with Gasteiger partial charge in [0.15, 0.2) is 11.8 Å². The molecule has 9 nitrogen and oxygen atoms in total. The quantitative estimate of drug-likeness (QED) is 0.290. The van der Waals surface area contributed by atoms with Gasteiger partial charge in [0.05, 0.1) is 35.1 Å². The summed E-state index contributed by atoms with van der Waals surface area (Å²) in [6, 6.07) is 17.6. The fourth-order valence-electron chi connectivity index (χ4n) is 5.06. The Morgan fingerprint density at radius 1 is 1.18 bits per heavy atom. The lowest BCUT2D eigenvalue weighted by Crippen LogP contribution is -2.46. The van der Waals surface area contributed by atoms with Gasteiger partial charge in [-0.25, -0.2) is 9.19 Å². The number of ether oxygens (including phenoxy) is 3. The summed E-state index contributed by atoms with van der Waals surface area (Å²) in [6.07, 6.45) is 1.48. The molecule has 0 radical (unpaired) electrons. The van der Waals surface area contributed by atoms with Gasteiger partial charge in [0.25, 0.3) is 6.01 Å². The van der Waals surface area contributed by atoms with Gasteiger partial charge in [-0.2, -0.15) is 9.35 Å². The van der Waals surface area contributed by atoms with E-state index in [-0.39, 0.29) is 19.2 Å². The molecule has 11 heteroatoms. The Hall–Kier alpha value is -3.28. The van der Waals surface area contributed by atoms with Gasteiger partial charge in [-0.05, 0) is 29.3 Å². The number of benzene rings is 2. The number of halogens is 1. The van der Waals surface area contributed by atoms with E-state index in [4.69, 9.17) is 30.8 Å². The van der Waals surface area contributed by atoms with Crippen LogP contribution >= 0.6 is 11.6 Å². The SMILES string of the molecule is C=CC12OC[C@@H](Oc3nc4nc(-c5ccc(-c6ccc(N=S(C)(=O)CC)cc6)cc5)c(Cl)cc4[nH]3)[C@H]1OC[C@H]2O. The number of imidazole rings is 1. The second-order valence-electron chi connectivity index (χ2n) is 9.99. The van der Waals surface area contributed by atoms with E-state index in [1.54, 1.807) is 18.4 Å². The lowest BCUT2D eigenvalue weighted by atomic mass is 9.92. The van der Waals surface area contributed by atoms with E-state index in [1.165, 1.54) is 0 Å². The predicted molar refractivity (Wildman–Crippen MR) is 156 cm³/mol. The molecule has 2 N–H and O–H groups in total. The molecular weight excluding hydrogens is 552 g/mol. The number of aromatic amines is 1. The van der Waals surface area contributed by atoms with Crippen molar-refractivity contribution in [2.45, 2.75) is 30.8 Å². The Kier molecular flexibility index (Phi) is 6.92. The lowest BCUT2D eigenvalue weighted by molar-refractivity contribution is -0.0398. The molecule has 2 aromatic carbocycles. The third-order valence-corrected chi connectivity index (χ3v) is 9.37. The van der Waals surface area contributed by atoms with Gasteiger partial charge < -0.3 is 24.3 Å². The third kappa shape index (κ3) is 4.80. The van der Waals surface area contributed by atoms with Crippen molar-refractivity contribution in [1.29, 1.82) is 0 Å². The van der Waals surface area contributed by atoms with Crippen LogP contribution in [0.15, 0.2) is 71.6 Å². The number of rotatable bonds is 7. The van der Waals surface area contributed by atoms with Crippen molar-refractivity contribution in [3.63, 3.8) is 0 Å². The lowest BCUT2D eigenvalue weighted by Gasteiger charge is -2.26. The minimum absolute atomic E-state index is 0.151. The number of fused-ring (bicyclic) bond motifs is 2. The van der Waals surface area contributed by atoms with Crippen molar-refractivity contribution in [3.05, 3.63) is 72.3 Å². The maximum Gasteiger partial charge on any atom is 0.296 e. The Morgan fingerprint density at radius 2 is 1.85 bits per heavy atom. The van der Waals surface area contributed by atoms with Gasteiger partial charge >= 0.3 is 0 Å². The molecule has 4 aromatic rings. The van der Waals surface area contributed by atoms with Crippen molar-refractivity contribution in [2.24, 2.45) is 4.36 Å². The molecule has 2 saturated heterocycles. The Bertz CT molecular complexity index is 1700. The van der Waals surface area contributed by atoms with Crippen LogP contribution in [-0.2, 0) is 19.2 Å². The molecule has 2 fully saturated rings. The molecule has 2 unspecified atom stereocenters. The highest BCUT2D eigenvalue weighted by Gasteiger charge is 2.59. The fraction of sp³-hybridized carbons (Fsp3) is 0.310. The number of H-pyrrole nitrogens is 1. The van der Waals surface area contributed by atoms with Crippen molar-refractivity contribution >= 4 is 38.2 Å². The minimum atomic E-state index is -2.20. The second-order valence-corrected chi connectivity index (χ2v) is 13.1. The maximum absolute atomic E-state index is 12.3. The summed E-state index contributed by atoms with van der Waals surface area (Å²) in [5.74, 6) is 0.511. The zero-order chi connectivity index (χ0) is 28.1. The number of pyridine rings is 1. The summed E-state index contributed by atoms with van der Waals surface area (Å²) < 4.78 is 34.3. The Balaban J connectivity index is 1.21. The highest BCUT2D eigenvalue weighted by atomic mass is 35.5. The largest absolute Gasteiger partial charge is 0.456 e. The Morgan fingerprint density at radius 3 is 2.52 bits per heavy atom. The second kappa shape index (κ2) is 10.3. The topological polar surface area (TPSA) is 119 Å². The molecule has 208 valence electrons. The zero-order valence-corrected chi connectivity index (χ0v) is 23.6. The fourth-order valence-corrected chi connectivity index (χ4v) is 6.02. The molecule has 0 aliphatic carbocycles. The van der Waals surface area contributed by atoms with Crippen LogP contribution in [0.2, 0.25) is 5.02 Å². The van der Waals surface area contributed by atoms with Gasteiger partial charge in [-0.3, -0.25) is 0 Å². The van der Waals surface area contributed by atoms with Crippen LogP contribution in [0.4, 0.5) is 5.69 Å². The predicted octanol–water partition coefficient (Wildman–Crippen LogP) is 5.16. The van der Waals surface area contributed by atoms with Gasteiger partial charge in [-0.1, -0.05) is 61.0 Å². The summed E-state index contributed by atoms with van der Waals surface area (Å²) in [7, 11) is -2.20. The van der Waals surface area contributed by atoms with Crippen LogP contribution < -0.4 is 4.74 Å². The van der Waals surface area contributed by atoms with Crippen LogP contribution in [0.1, 0.15) is 6.92 Å². The molecule has 0 saturated carbocycles. The van der Waals surface area contributed by atoms with Gasteiger partial charge in [-0.15, -0.1) is 6.58 Å². The number of hydrogen-bond donors (Lipinski definition) is 2. The minimum Gasteiger partial charge on any atom is -0.456 e. The molecule has 6 rings (SSSR count). The first-order valence-electron chi connectivity index (χ1n) is 12.9. The number of aliphatic hydroxyl groups is 1. The highest BCUT2D eigenvalue weighted by Crippen LogP contribution is 2.40. The average Bonchev–Trinajstić information content (AvgIpc) is 3.62. The number of aromatic nitrogens is 3. The van der Waals surface area contributed by atoms with E-state index in [0.29, 0.717) is 33.3 Å². The van der Waals surface area contributed by atoms with Crippen LogP contribution in [-0.4, -0.2) is 73.4 Å². The molecule has 40 heavy (non-hydrogen) atoms. The Labute approximate surface area is 237 Å². The number of hydrogen-bond acceptors (Lipinski definition) is 8. The van der Waals surface area contributed by atoms with E-state index in [9.17, 15) is 9.32 Å². The summed E-state index contributed by atoms with van der Waals surface area (Å²) in [5, 5.41) is 10.8. The van der Waals surface area contributed by atoms with E-state index in [1.807, 2.05) is 55.5 Å². The number of nitrogens with one attached hydrogen (secondary N) is 1. The van der Waals surface area contributed by atoms with Crippen molar-refractivity contribution in [3.8, 4) is 28.4 Å². The van der Waals surface area contributed by atoms with Crippen LogP contribution in [0.3, 0.4) is 0 Å². The molecule has 2 aromatic heterocycles. The smallest absolute Gasteiger partial charge is 0.296 e. The zero-order valence-electron chi connectivity index (χ0n) is 22.0. The van der Waals surface area contributed by atoms with Crippen LogP contribution in [0.25, 0.3) is 33.5 Å². The number of aliphatic hydroxyl groups excluding tert-OH is 1. The monoisotopic (exact) mass is 580 g/mol. The molecule has 0 spiro atoms. The molecule has 5 atom stereocenters. The summed E-state index contributed by atoms with van der Waals surface area (Å²) in [6.45, 7) is 6.06. The first-order valence-corrected chi connectivity index (χ1v) is 15.4. The third-order valence-electron chi connectivity index (χ3n) is 7.41. The molecule has 2 aliphatic heterocycles. The van der Waals surface area contributed by atoms with Gasteiger partial charge in [0.1, 0.15) is 17.8 Å². The van der Waals surface area contributed by atoms with E-state index in [2.05, 4.69) is 20.9 Å². The van der Waals surface area contributed by atoms with Crippen LogP contribution in [0, 0.1) is 0 Å². The molecule has 0 amide bonds. The number of nitrogens with zero attached hydrogens (tertiary/aromatic N) is 3. The first kappa shape index (κ1) is 26.9. The standard InChI is InChI=1S/C29H29ClN4O5S/c1-4-29-24(35)16-37-26(29)23(15-38-29)39-28-31-22-14-21(30)25(32-27(22)33-28)19-8-6-17(7-9-19)18-10-12-20(13-11-18)34-40(3,36)5-2/h4,6-14,23-24,26,35H,1,5,15-16H2,2-3H3,(H,31,32,33)/t23-,24-,26-,29?,40?/m1/s1. The van der Waals surface area contributed by atoms with Crippen LogP contribution in [0.5, 0.6) is 6.01 Å². The maximum atomic E-state index is 12.3. The molecular formula is C29H29ClN4O5S. The van der Waals surface area contributed by atoms with E-state index < -0.39 is 33.6 Å². The first-order chi connectivity index (χ1) is 19.2. The van der Waals surface area contributed by atoms with E-state index >= 15 is 0 Å². The summed E-state index contributed by atoms with van der Waals surface area (Å²) in [5.41, 5.74) is 4.29. The van der Waals surface area contributed by atoms with Gasteiger partial charge in [0, 0.05) is 27.3 Å². The van der Waals surface area contributed by atoms with E-state index in [0.717, 1.165) is 16.7 Å². The van der Waals surface area contributed by atoms with Crippen molar-refractivity contribution in [2.75, 3.05) is 25.2 Å². The normalized spacial score (nSPS) is 25.4. The molecule has 4 heterocycles. The van der Waals surface area contributed by atoms with Gasteiger partial charge in [0.2, 0.25) is 0 Å². The summed E-state index contributed by atoms with van der Waals surface area (Å²) in [4.78, 5) is 12.3. The average molecular weight is 581 g/mol. The molecule has 2 aliphatic rings.